The number of aromatic amines is 1. The molecule has 1 aliphatic heterocycles. The zero-order valence-corrected chi connectivity index (χ0v) is 12.7. The van der Waals surface area contributed by atoms with E-state index in [-0.39, 0.29) is 12.0 Å². The fourth-order valence-corrected chi connectivity index (χ4v) is 2.98. The van der Waals surface area contributed by atoms with E-state index < -0.39 is 0 Å². The molecule has 3 rings (SSSR count). The highest BCUT2D eigenvalue weighted by Gasteiger charge is 2.17. The first-order valence-corrected chi connectivity index (χ1v) is 7.59. The van der Waals surface area contributed by atoms with Gasteiger partial charge in [0.15, 0.2) is 0 Å². The standard InChI is InChI=1S/C17H22N2O2/c1-11-5-6-16-15(8-11)14(12(2)19-16)9-17(20)18-10-13-4-3-7-21-13/h5-6,8,13,19H,3-4,7,9-10H2,1-2H3,(H,18,20)/t13-/m0/s1. The zero-order valence-electron chi connectivity index (χ0n) is 12.7. The van der Waals surface area contributed by atoms with Crippen LogP contribution in [0.1, 0.15) is 29.7 Å². The van der Waals surface area contributed by atoms with E-state index in [1.54, 1.807) is 0 Å². The van der Waals surface area contributed by atoms with Crippen LogP contribution in [-0.4, -0.2) is 30.1 Å². The summed E-state index contributed by atoms with van der Waals surface area (Å²) in [4.78, 5) is 15.5. The molecule has 0 aliphatic carbocycles. The second-order valence-electron chi connectivity index (χ2n) is 5.89. The van der Waals surface area contributed by atoms with E-state index in [1.165, 1.54) is 5.56 Å². The second kappa shape index (κ2) is 5.90. The number of hydrogen-bond donors (Lipinski definition) is 2. The number of hydrogen-bond acceptors (Lipinski definition) is 2. The van der Waals surface area contributed by atoms with Crippen molar-refractivity contribution in [2.75, 3.05) is 13.2 Å². The molecule has 1 aromatic heterocycles. The lowest BCUT2D eigenvalue weighted by Gasteiger charge is -2.11. The quantitative estimate of drug-likeness (QED) is 0.908. The summed E-state index contributed by atoms with van der Waals surface area (Å²) in [5, 5.41) is 4.14. The summed E-state index contributed by atoms with van der Waals surface area (Å²) in [6.07, 6.45) is 2.76. The van der Waals surface area contributed by atoms with Gasteiger partial charge in [0, 0.05) is 29.7 Å². The predicted octanol–water partition coefficient (Wildman–Crippen LogP) is 2.62. The minimum absolute atomic E-state index is 0.0657. The van der Waals surface area contributed by atoms with Crippen LogP contribution in [0.15, 0.2) is 18.2 Å². The first-order chi connectivity index (χ1) is 10.1. The summed E-state index contributed by atoms with van der Waals surface area (Å²) in [7, 11) is 0. The van der Waals surface area contributed by atoms with Gasteiger partial charge in [0.2, 0.25) is 5.91 Å². The lowest BCUT2D eigenvalue weighted by molar-refractivity contribution is -0.120. The Balaban J connectivity index is 1.70. The van der Waals surface area contributed by atoms with Gasteiger partial charge in [0.05, 0.1) is 12.5 Å². The van der Waals surface area contributed by atoms with Gasteiger partial charge in [0.1, 0.15) is 0 Å². The number of H-pyrrole nitrogens is 1. The maximum Gasteiger partial charge on any atom is 0.224 e. The number of aryl methyl sites for hydroxylation is 2. The molecule has 0 unspecified atom stereocenters. The van der Waals surface area contributed by atoms with Crippen LogP contribution in [0.3, 0.4) is 0 Å². The third kappa shape index (κ3) is 3.10. The Hall–Kier alpha value is -1.81. The SMILES string of the molecule is Cc1ccc2[nH]c(C)c(CC(=O)NC[C@@H]3CCCO3)c2c1. The summed E-state index contributed by atoms with van der Waals surface area (Å²) in [6.45, 7) is 5.54. The van der Waals surface area contributed by atoms with E-state index >= 15 is 0 Å². The zero-order chi connectivity index (χ0) is 14.8. The fraction of sp³-hybridized carbons (Fsp3) is 0.471. The average Bonchev–Trinajstić information content (AvgIpc) is 3.06. The van der Waals surface area contributed by atoms with Crippen molar-refractivity contribution in [3.8, 4) is 0 Å². The highest BCUT2D eigenvalue weighted by atomic mass is 16.5. The summed E-state index contributed by atoms with van der Waals surface area (Å²) in [5.74, 6) is 0.0657. The van der Waals surface area contributed by atoms with Gasteiger partial charge in [0.25, 0.3) is 0 Å². The van der Waals surface area contributed by atoms with Crippen LogP contribution in [0, 0.1) is 13.8 Å². The van der Waals surface area contributed by atoms with Crippen LogP contribution in [0.25, 0.3) is 10.9 Å². The largest absolute Gasteiger partial charge is 0.376 e. The molecule has 1 aromatic carbocycles. The third-order valence-corrected chi connectivity index (χ3v) is 4.16. The number of nitrogens with one attached hydrogen (secondary N) is 2. The molecule has 0 saturated carbocycles. The average molecular weight is 286 g/mol. The van der Waals surface area contributed by atoms with E-state index in [0.717, 1.165) is 41.6 Å². The Bertz CT molecular complexity index is 654. The van der Waals surface area contributed by atoms with Crippen molar-refractivity contribution >= 4 is 16.8 Å². The van der Waals surface area contributed by atoms with Gasteiger partial charge in [-0.2, -0.15) is 0 Å². The maximum atomic E-state index is 12.2. The van der Waals surface area contributed by atoms with Crippen LogP contribution < -0.4 is 5.32 Å². The highest BCUT2D eigenvalue weighted by molar-refractivity contribution is 5.90. The lowest BCUT2D eigenvalue weighted by atomic mass is 10.1. The fourth-order valence-electron chi connectivity index (χ4n) is 2.98. The van der Waals surface area contributed by atoms with Gasteiger partial charge in [-0.1, -0.05) is 11.6 Å². The Kier molecular flexibility index (Phi) is 3.97. The van der Waals surface area contributed by atoms with Crippen LogP contribution in [0.2, 0.25) is 0 Å². The van der Waals surface area contributed by atoms with Crippen molar-refractivity contribution in [1.29, 1.82) is 0 Å². The minimum Gasteiger partial charge on any atom is -0.376 e. The van der Waals surface area contributed by atoms with Gasteiger partial charge >= 0.3 is 0 Å². The molecule has 2 aromatic rings. The van der Waals surface area contributed by atoms with Crippen LogP contribution in [0.4, 0.5) is 0 Å². The van der Waals surface area contributed by atoms with E-state index in [1.807, 2.05) is 6.92 Å². The molecule has 0 radical (unpaired) electrons. The molecule has 1 aliphatic rings. The number of amides is 1. The molecule has 112 valence electrons. The predicted molar refractivity (Wildman–Crippen MR) is 83.5 cm³/mol. The summed E-state index contributed by atoms with van der Waals surface area (Å²) in [5.41, 5.74) is 4.48. The van der Waals surface area contributed by atoms with Gasteiger partial charge in [-0.3, -0.25) is 4.79 Å². The molecule has 0 spiro atoms. The molecule has 2 N–H and O–H groups in total. The Morgan fingerprint density at radius 2 is 2.29 bits per heavy atom. The topological polar surface area (TPSA) is 54.1 Å². The Morgan fingerprint density at radius 1 is 1.43 bits per heavy atom. The highest BCUT2D eigenvalue weighted by Crippen LogP contribution is 2.23. The smallest absolute Gasteiger partial charge is 0.224 e. The van der Waals surface area contributed by atoms with Crippen molar-refractivity contribution in [2.45, 2.75) is 39.2 Å². The number of benzene rings is 1. The first-order valence-electron chi connectivity index (χ1n) is 7.59. The molecule has 4 heteroatoms. The molecule has 4 nitrogen and oxygen atoms in total. The normalized spacial score (nSPS) is 18.3. The Labute approximate surface area is 124 Å². The van der Waals surface area contributed by atoms with Gasteiger partial charge in [-0.15, -0.1) is 0 Å². The van der Waals surface area contributed by atoms with Crippen molar-refractivity contribution in [3.05, 3.63) is 35.0 Å². The van der Waals surface area contributed by atoms with Crippen molar-refractivity contribution in [3.63, 3.8) is 0 Å². The lowest BCUT2D eigenvalue weighted by Crippen LogP contribution is -2.32. The molecule has 1 saturated heterocycles. The maximum absolute atomic E-state index is 12.2. The molecule has 2 heterocycles. The van der Waals surface area contributed by atoms with Gasteiger partial charge in [-0.05, 0) is 44.4 Å². The molecular formula is C17H22N2O2. The second-order valence-corrected chi connectivity index (χ2v) is 5.89. The third-order valence-electron chi connectivity index (χ3n) is 4.16. The van der Waals surface area contributed by atoms with Crippen molar-refractivity contribution in [1.82, 2.24) is 10.3 Å². The molecule has 1 amide bonds. The summed E-state index contributed by atoms with van der Waals surface area (Å²) < 4.78 is 5.53. The van der Waals surface area contributed by atoms with Crippen LogP contribution in [-0.2, 0) is 16.0 Å². The summed E-state index contributed by atoms with van der Waals surface area (Å²) in [6, 6.07) is 6.30. The number of ether oxygens (including phenoxy) is 1. The van der Waals surface area contributed by atoms with Crippen LogP contribution in [0.5, 0.6) is 0 Å². The molecule has 21 heavy (non-hydrogen) atoms. The number of carbonyl (C=O) groups is 1. The van der Waals surface area contributed by atoms with E-state index in [4.69, 9.17) is 4.74 Å². The Morgan fingerprint density at radius 3 is 3.05 bits per heavy atom. The number of fused-ring (bicyclic) bond motifs is 1. The molecular weight excluding hydrogens is 264 g/mol. The van der Waals surface area contributed by atoms with Gasteiger partial charge < -0.3 is 15.0 Å². The number of rotatable bonds is 4. The van der Waals surface area contributed by atoms with Gasteiger partial charge in [-0.25, -0.2) is 0 Å². The van der Waals surface area contributed by atoms with E-state index in [2.05, 4.69) is 35.4 Å². The first kappa shape index (κ1) is 14.1. The van der Waals surface area contributed by atoms with Crippen molar-refractivity contribution < 1.29 is 9.53 Å². The number of aromatic nitrogens is 1. The molecule has 1 atom stereocenters. The monoisotopic (exact) mass is 286 g/mol. The van der Waals surface area contributed by atoms with E-state index in [9.17, 15) is 4.79 Å². The minimum atomic E-state index is 0.0657. The van der Waals surface area contributed by atoms with E-state index in [0.29, 0.717) is 13.0 Å². The molecule has 0 bridgehead atoms. The summed E-state index contributed by atoms with van der Waals surface area (Å²) >= 11 is 0. The number of carbonyl (C=O) groups excluding carboxylic acids is 1. The van der Waals surface area contributed by atoms with Crippen LogP contribution >= 0.6 is 0 Å². The molecule has 1 fully saturated rings. The van der Waals surface area contributed by atoms with Crippen molar-refractivity contribution in [2.24, 2.45) is 0 Å².